The second-order valence-corrected chi connectivity index (χ2v) is 11.1. The van der Waals surface area contributed by atoms with Crippen LogP contribution >= 0.6 is 0 Å². The summed E-state index contributed by atoms with van der Waals surface area (Å²) in [6, 6.07) is 38.7. The Morgan fingerprint density at radius 1 is 0.833 bits per heavy atom. The fraction of sp³-hybridized carbons (Fsp3) is 0.182. The standard InChI is InChI=1S/C15H15NO2S.C9H8N2O2.C9H13N/c16-14(17)11-19(18)15(12-7-3-1-4-8-12)13-9-5-2-6-10-13;10-9-11-8(12)7(13-9)6-4-2-1-3-5-6;1-8(10)7-9-5-3-2-4-6-9/h1-10,15H,11H2,(H2,16,17);1-5,7H,(H2,10,11,12);2-6,8H,7,10H2,1H3. The zero-order valence-corrected chi connectivity index (χ0v) is 24.2. The molecule has 1 aliphatic rings. The number of ether oxygens (including phenoxy) is 1. The summed E-state index contributed by atoms with van der Waals surface area (Å²) in [5, 5.41) is -0.324. The van der Waals surface area contributed by atoms with Gasteiger partial charge in [0.25, 0.3) is 11.9 Å². The summed E-state index contributed by atoms with van der Waals surface area (Å²) in [5.74, 6) is -1.02. The highest BCUT2D eigenvalue weighted by atomic mass is 32.2. The van der Waals surface area contributed by atoms with E-state index in [0.29, 0.717) is 0 Å². The molecule has 0 fully saturated rings. The molecule has 9 heteroatoms. The predicted octanol–water partition coefficient (Wildman–Crippen LogP) is 4.19. The van der Waals surface area contributed by atoms with Crippen LogP contribution in [0.5, 0.6) is 0 Å². The number of hydrogen-bond acceptors (Lipinski definition) is 6. The maximum absolute atomic E-state index is 12.4. The Morgan fingerprint density at radius 2 is 1.29 bits per heavy atom. The number of rotatable bonds is 8. The van der Waals surface area contributed by atoms with Crippen LogP contribution in [0.4, 0.5) is 0 Å². The molecule has 2 amide bonds. The molecule has 0 radical (unpaired) electrons. The molecule has 0 spiro atoms. The van der Waals surface area contributed by atoms with E-state index in [2.05, 4.69) is 17.1 Å². The monoisotopic (exact) mass is 584 g/mol. The van der Waals surface area contributed by atoms with Crippen LogP contribution in [0.1, 0.15) is 40.5 Å². The molecule has 3 atom stereocenters. The van der Waals surface area contributed by atoms with Crippen LogP contribution < -0.4 is 17.2 Å². The lowest BCUT2D eigenvalue weighted by Crippen LogP contribution is -2.23. The third-order valence-electron chi connectivity index (χ3n) is 5.94. The van der Waals surface area contributed by atoms with E-state index in [9.17, 15) is 13.8 Å². The molecule has 0 aliphatic carbocycles. The molecule has 4 aromatic rings. The van der Waals surface area contributed by atoms with Gasteiger partial charge in [0.1, 0.15) is 5.75 Å². The largest absolute Gasteiger partial charge is 0.447 e. The van der Waals surface area contributed by atoms with Gasteiger partial charge in [0, 0.05) is 22.4 Å². The van der Waals surface area contributed by atoms with Gasteiger partial charge in [-0.3, -0.25) is 13.8 Å². The smallest absolute Gasteiger partial charge is 0.296 e. The lowest BCUT2D eigenvalue weighted by molar-refractivity contribution is -0.123. The van der Waals surface area contributed by atoms with Crippen LogP contribution in [-0.4, -0.2) is 33.8 Å². The summed E-state index contributed by atoms with van der Waals surface area (Å²) in [4.78, 5) is 25.7. The normalized spacial score (nSPS) is 15.2. The number of hydrogen-bond donors (Lipinski definition) is 3. The van der Waals surface area contributed by atoms with E-state index in [0.717, 1.165) is 23.1 Å². The summed E-state index contributed by atoms with van der Waals surface area (Å²) in [6.45, 7) is 2.02. The molecule has 1 aliphatic heterocycles. The first-order valence-corrected chi connectivity index (χ1v) is 14.8. The van der Waals surface area contributed by atoms with Crippen molar-refractivity contribution in [3.8, 4) is 0 Å². The zero-order valence-electron chi connectivity index (χ0n) is 23.4. The van der Waals surface area contributed by atoms with E-state index in [-0.39, 0.29) is 29.0 Å². The highest BCUT2D eigenvalue weighted by Gasteiger charge is 2.28. The van der Waals surface area contributed by atoms with Crippen molar-refractivity contribution in [2.75, 3.05) is 5.75 Å². The molecule has 0 saturated carbocycles. The quantitative estimate of drug-likeness (QED) is 0.283. The topological polar surface area (TPSA) is 151 Å². The molecule has 0 aromatic heterocycles. The van der Waals surface area contributed by atoms with Crippen molar-refractivity contribution in [2.24, 2.45) is 22.2 Å². The Balaban J connectivity index is 0.000000183. The van der Waals surface area contributed by atoms with Crippen LogP contribution in [0.25, 0.3) is 0 Å². The molecule has 218 valence electrons. The van der Waals surface area contributed by atoms with Crippen LogP contribution in [0.3, 0.4) is 0 Å². The molecule has 5 rings (SSSR count). The molecule has 4 aromatic carbocycles. The van der Waals surface area contributed by atoms with Crippen molar-refractivity contribution in [3.63, 3.8) is 0 Å². The molecule has 1 heterocycles. The van der Waals surface area contributed by atoms with Crippen LogP contribution in [0.15, 0.2) is 126 Å². The number of nitrogens with two attached hydrogens (primary N) is 3. The van der Waals surface area contributed by atoms with Gasteiger partial charge in [-0.15, -0.1) is 0 Å². The number of nitrogens with zero attached hydrogens (tertiary/aromatic N) is 1. The first kappa shape index (κ1) is 31.9. The van der Waals surface area contributed by atoms with E-state index >= 15 is 0 Å². The number of carbonyl (C=O) groups excluding carboxylic acids is 2. The van der Waals surface area contributed by atoms with E-state index in [1.807, 2.05) is 104 Å². The van der Waals surface area contributed by atoms with Crippen LogP contribution in [0.2, 0.25) is 0 Å². The lowest BCUT2D eigenvalue weighted by Gasteiger charge is -2.16. The molecular weight excluding hydrogens is 548 g/mol. The number of carbonyl (C=O) groups is 2. The minimum absolute atomic E-state index is 0.0566. The highest BCUT2D eigenvalue weighted by molar-refractivity contribution is 7.86. The SMILES string of the molecule is CC(N)Cc1ccccc1.NC(=O)CS(=O)C(c1ccccc1)c1ccccc1.NC1=NC(=O)C(c2ccccc2)O1. The van der Waals surface area contributed by atoms with Crippen molar-refractivity contribution in [1.82, 2.24) is 0 Å². The van der Waals surface area contributed by atoms with Gasteiger partial charge < -0.3 is 21.9 Å². The Kier molecular flexibility index (Phi) is 12.6. The van der Waals surface area contributed by atoms with E-state index in [1.54, 1.807) is 12.1 Å². The van der Waals surface area contributed by atoms with Crippen molar-refractivity contribution in [2.45, 2.75) is 30.7 Å². The van der Waals surface area contributed by atoms with Gasteiger partial charge in [-0.05, 0) is 30.0 Å². The lowest BCUT2D eigenvalue weighted by atomic mass is 10.0. The van der Waals surface area contributed by atoms with Gasteiger partial charge in [0.2, 0.25) is 12.0 Å². The fourth-order valence-corrected chi connectivity index (χ4v) is 5.53. The van der Waals surface area contributed by atoms with Gasteiger partial charge >= 0.3 is 0 Å². The maximum atomic E-state index is 12.4. The number of aliphatic imine (C=N–C) groups is 1. The van der Waals surface area contributed by atoms with Gasteiger partial charge in [-0.1, -0.05) is 121 Å². The Hall–Kier alpha value is -4.60. The zero-order chi connectivity index (χ0) is 30.3. The average molecular weight is 585 g/mol. The van der Waals surface area contributed by atoms with Crippen LogP contribution in [0, 0.1) is 0 Å². The fourth-order valence-electron chi connectivity index (χ4n) is 4.16. The average Bonchev–Trinajstić information content (AvgIpc) is 3.33. The van der Waals surface area contributed by atoms with E-state index in [4.69, 9.17) is 21.9 Å². The van der Waals surface area contributed by atoms with Gasteiger partial charge in [-0.25, -0.2) is 0 Å². The first-order chi connectivity index (χ1) is 20.2. The summed E-state index contributed by atoms with van der Waals surface area (Å²) in [5.41, 5.74) is 20.0. The summed E-state index contributed by atoms with van der Waals surface area (Å²) >= 11 is 0. The summed E-state index contributed by atoms with van der Waals surface area (Å²) in [6.07, 6.45) is 0.321. The van der Waals surface area contributed by atoms with Gasteiger partial charge in [0.05, 0.1) is 5.25 Å². The Labute approximate surface area is 249 Å². The number of primary amides is 1. The highest BCUT2D eigenvalue weighted by Crippen LogP contribution is 2.28. The minimum atomic E-state index is -1.36. The van der Waals surface area contributed by atoms with Gasteiger partial charge in [-0.2, -0.15) is 4.99 Å². The van der Waals surface area contributed by atoms with Crippen molar-refractivity contribution >= 4 is 28.6 Å². The van der Waals surface area contributed by atoms with Crippen molar-refractivity contribution in [1.29, 1.82) is 0 Å². The van der Waals surface area contributed by atoms with Gasteiger partial charge in [0.15, 0.2) is 0 Å². The second-order valence-electron chi connectivity index (χ2n) is 9.56. The molecule has 0 bridgehead atoms. The third kappa shape index (κ3) is 10.4. The third-order valence-corrected chi connectivity index (χ3v) is 7.58. The molecule has 42 heavy (non-hydrogen) atoms. The Morgan fingerprint density at radius 3 is 1.69 bits per heavy atom. The van der Waals surface area contributed by atoms with Crippen molar-refractivity contribution in [3.05, 3.63) is 144 Å². The molecule has 3 unspecified atom stereocenters. The summed E-state index contributed by atoms with van der Waals surface area (Å²) < 4.78 is 17.4. The van der Waals surface area contributed by atoms with E-state index < -0.39 is 22.8 Å². The number of amidine groups is 1. The minimum Gasteiger partial charge on any atom is -0.447 e. The molecule has 0 saturated heterocycles. The van der Waals surface area contributed by atoms with E-state index in [1.165, 1.54) is 5.56 Å². The first-order valence-electron chi connectivity index (χ1n) is 13.4. The molecular formula is C33H36N4O4S. The number of amides is 2. The number of benzene rings is 4. The maximum Gasteiger partial charge on any atom is 0.296 e. The predicted molar refractivity (Wildman–Crippen MR) is 168 cm³/mol. The Bertz CT molecular complexity index is 1410. The molecule has 6 N–H and O–H groups in total. The molecule has 8 nitrogen and oxygen atoms in total. The van der Waals surface area contributed by atoms with Crippen LogP contribution in [-0.2, 0) is 31.5 Å². The second kappa shape index (κ2) is 16.6. The summed E-state index contributed by atoms with van der Waals surface area (Å²) in [7, 11) is -1.36. The van der Waals surface area contributed by atoms with Crippen molar-refractivity contribution < 1.29 is 18.5 Å².